The number of nitrogens with zero attached hydrogens (tertiary/aromatic N) is 1. The molecule has 2 amide bonds. The minimum absolute atomic E-state index is 0.123. The molecule has 3 rings (SSSR count). The first-order valence-electron chi connectivity index (χ1n) is 10.2. The van der Waals surface area contributed by atoms with Gasteiger partial charge in [-0.05, 0) is 61.2 Å². The molecule has 1 aliphatic rings. The van der Waals surface area contributed by atoms with Gasteiger partial charge in [-0.25, -0.2) is 12.8 Å². The van der Waals surface area contributed by atoms with E-state index in [1.165, 1.54) is 47.6 Å². The third-order valence-electron chi connectivity index (χ3n) is 5.19. The molecule has 0 spiro atoms. The van der Waals surface area contributed by atoms with Crippen molar-refractivity contribution in [3.63, 3.8) is 0 Å². The number of carbonyl (C=O) groups excluding carboxylic acids is 2. The van der Waals surface area contributed by atoms with Crippen molar-refractivity contribution in [3.8, 4) is 0 Å². The summed E-state index contributed by atoms with van der Waals surface area (Å²) in [6.45, 7) is 2.26. The van der Waals surface area contributed by atoms with Crippen LogP contribution in [0.1, 0.15) is 25.3 Å². The van der Waals surface area contributed by atoms with E-state index in [1.54, 1.807) is 12.1 Å². The molecular weight excluding hydrogens is 421 g/mol. The van der Waals surface area contributed by atoms with Gasteiger partial charge in [-0.15, -0.1) is 0 Å². The molecule has 2 aromatic rings. The zero-order chi connectivity index (χ0) is 22.4. The van der Waals surface area contributed by atoms with E-state index in [0.717, 1.165) is 5.56 Å². The standard InChI is InChI=1S/C22H26FN3O4S/c1-16(27)25-20-8-10-21(11-9-20)31(29,30)26-14-2-3-18(15-26)22(28)24-13-12-17-4-6-19(23)7-5-17/h4-11,18H,2-3,12-15H2,1H3,(H,24,28)(H,25,27). The molecule has 166 valence electrons. The van der Waals surface area contributed by atoms with Gasteiger partial charge < -0.3 is 10.6 Å². The topological polar surface area (TPSA) is 95.6 Å². The van der Waals surface area contributed by atoms with Crippen molar-refractivity contribution in [1.29, 1.82) is 0 Å². The SMILES string of the molecule is CC(=O)Nc1ccc(S(=O)(=O)N2CCCC(C(=O)NCCc3ccc(F)cc3)C2)cc1. The van der Waals surface area contributed by atoms with Gasteiger partial charge in [0.15, 0.2) is 0 Å². The van der Waals surface area contributed by atoms with Gasteiger partial charge in [0.1, 0.15) is 5.82 Å². The Labute approximate surface area is 181 Å². The summed E-state index contributed by atoms with van der Waals surface area (Å²) >= 11 is 0. The number of amides is 2. The van der Waals surface area contributed by atoms with Gasteiger partial charge in [0.05, 0.1) is 10.8 Å². The van der Waals surface area contributed by atoms with E-state index in [9.17, 15) is 22.4 Å². The maximum absolute atomic E-state index is 13.0. The van der Waals surface area contributed by atoms with Crippen LogP contribution in [0.25, 0.3) is 0 Å². The van der Waals surface area contributed by atoms with Crippen molar-refractivity contribution in [2.45, 2.75) is 31.1 Å². The van der Waals surface area contributed by atoms with Crippen molar-refractivity contribution in [2.75, 3.05) is 25.0 Å². The Morgan fingerprint density at radius 3 is 2.42 bits per heavy atom. The summed E-state index contributed by atoms with van der Waals surface area (Å²) in [5.41, 5.74) is 1.43. The zero-order valence-corrected chi connectivity index (χ0v) is 18.1. The molecule has 2 aromatic carbocycles. The average molecular weight is 448 g/mol. The van der Waals surface area contributed by atoms with Crippen LogP contribution in [0.4, 0.5) is 10.1 Å². The third-order valence-corrected chi connectivity index (χ3v) is 7.07. The Balaban J connectivity index is 1.57. The van der Waals surface area contributed by atoms with Crippen molar-refractivity contribution in [3.05, 3.63) is 59.9 Å². The summed E-state index contributed by atoms with van der Waals surface area (Å²) in [6.07, 6.45) is 1.79. The highest BCUT2D eigenvalue weighted by Crippen LogP contribution is 2.25. The lowest BCUT2D eigenvalue weighted by molar-refractivity contribution is -0.126. The van der Waals surface area contributed by atoms with Crippen molar-refractivity contribution in [2.24, 2.45) is 5.92 Å². The lowest BCUT2D eigenvalue weighted by Gasteiger charge is -2.31. The first-order valence-corrected chi connectivity index (χ1v) is 11.6. The predicted octanol–water partition coefficient (Wildman–Crippen LogP) is 2.54. The number of nitrogens with one attached hydrogen (secondary N) is 2. The van der Waals surface area contributed by atoms with E-state index in [0.29, 0.717) is 38.0 Å². The van der Waals surface area contributed by atoms with Crippen LogP contribution in [0.5, 0.6) is 0 Å². The first-order chi connectivity index (χ1) is 14.8. The summed E-state index contributed by atoms with van der Waals surface area (Å²) in [7, 11) is -3.74. The fourth-order valence-corrected chi connectivity index (χ4v) is 5.09. The van der Waals surface area contributed by atoms with Gasteiger partial charge in [-0.2, -0.15) is 4.31 Å². The lowest BCUT2D eigenvalue weighted by Crippen LogP contribution is -2.45. The molecule has 1 unspecified atom stereocenters. The minimum atomic E-state index is -3.74. The largest absolute Gasteiger partial charge is 0.355 e. The minimum Gasteiger partial charge on any atom is -0.355 e. The van der Waals surface area contributed by atoms with Crippen LogP contribution in [0.3, 0.4) is 0 Å². The Bertz CT molecular complexity index is 1020. The first kappa shape index (κ1) is 22.9. The maximum Gasteiger partial charge on any atom is 0.243 e. The lowest BCUT2D eigenvalue weighted by atomic mass is 9.99. The molecule has 1 saturated heterocycles. The Hall–Kier alpha value is -2.78. The highest BCUT2D eigenvalue weighted by molar-refractivity contribution is 7.89. The number of rotatable bonds is 7. The molecule has 0 radical (unpaired) electrons. The summed E-state index contributed by atoms with van der Waals surface area (Å²) in [5.74, 6) is -1.14. The van der Waals surface area contributed by atoms with E-state index in [1.807, 2.05) is 0 Å². The van der Waals surface area contributed by atoms with E-state index in [4.69, 9.17) is 0 Å². The summed E-state index contributed by atoms with van der Waals surface area (Å²) in [6, 6.07) is 12.1. The highest BCUT2D eigenvalue weighted by atomic mass is 32.2. The molecule has 7 nitrogen and oxygen atoms in total. The van der Waals surface area contributed by atoms with Crippen LogP contribution in [-0.4, -0.2) is 44.2 Å². The second-order valence-corrected chi connectivity index (χ2v) is 9.51. The smallest absolute Gasteiger partial charge is 0.243 e. The fourth-order valence-electron chi connectivity index (χ4n) is 3.56. The average Bonchev–Trinajstić information content (AvgIpc) is 2.75. The molecule has 1 atom stereocenters. The molecule has 1 fully saturated rings. The molecule has 0 bridgehead atoms. The number of piperidine rings is 1. The summed E-state index contributed by atoms with van der Waals surface area (Å²) in [5, 5.41) is 5.46. The fraction of sp³-hybridized carbons (Fsp3) is 0.364. The number of hydrogen-bond donors (Lipinski definition) is 2. The van der Waals surface area contributed by atoms with Crippen LogP contribution in [0.2, 0.25) is 0 Å². The van der Waals surface area contributed by atoms with Crippen LogP contribution in [-0.2, 0) is 26.0 Å². The predicted molar refractivity (Wildman–Crippen MR) is 115 cm³/mol. The second kappa shape index (κ2) is 10.0. The Kier molecular flexibility index (Phi) is 7.40. The number of anilines is 1. The Morgan fingerprint density at radius 2 is 1.77 bits per heavy atom. The molecule has 9 heteroatoms. The quantitative estimate of drug-likeness (QED) is 0.682. The monoisotopic (exact) mass is 447 g/mol. The summed E-state index contributed by atoms with van der Waals surface area (Å²) in [4.78, 5) is 23.8. The molecule has 31 heavy (non-hydrogen) atoms. The van der Waals surface area contributed by atoms with E-state index in [-0.39, 0.29) is 29.1 Å². The van der Waals surface area contributed by atoms with Crippen LogP contribution >= 0.6 is 0 Å². The molecule has 2 N–H and O–H groups in total. The van der Waals surface area contributed by atoms with E-state index in [2.05, 4.69) is 10.6 Å². The molecule has 1 heterocycles. The van der Waals surface area contributed by atoms with E-state index < -0.39 is 15.9 Å². The van der Waals surface area contributed by atoms with Crippen molar-refractivity contribution >= 4 is 27.5 Å². The van der Waals surface area contributed by atoms with Crippen molar-refractivity contribution < 1.29 is 22.4 Å². The van der Waals surface area contributed by atoms with Crippen LogP contribution in [0, 0.1) is 11.7 Å². The van der Waals surface area contributed by atoms with Gasteiger partial charge in [0.25, 0.3) is 0 Å². The van der Waals surface area contributed by atoms with Crippen LogP contribution < -0.4 is 10.6 Å². The maximum atomic E-state index is 13.0. The highest BCUT2D eigenvalue weighted by Gasteiger charge is 2.33. The normalized spacial score (nSPS) is 17.2. The number of carbonyl (C=O) groups is 2. The number of sulfonamides is 1. The third kappa shape index (κ3) is 6.11. The Morgan fingerprint density at radius 1 is 1.10 bits per heavy atom. The van der Waals surface area contributed by atoms with Crippen molar-refractivity contribution in [1.82, 2.24) is 9.62 Å². The molecule has 0 saturated carbocycles. The van der Waals surface area contributed by atoms with Gasteiger partial charge in [0.2, 0.25) is 21.8 Å². The van der Waals surface area contributed by atoms with Gasteiger partial charge >= 0.3 is 0 Å². The molecule has 0 aromatic heterocycles. The van der Waals surface area contributed by atoms with Crippen LogP contribution in [0.15, 0.2) is 53.4 Å². The van der Waals surface area contributed by atoms with Gasteiger partial charge in [-0.1, -0.05) is 12.1 Å². The van der Waals surface area contributed by atoms with Gasteiger partial charge in [0, 0.05) is 32.2 Å². The molecule has 1 aliphatic heterocycles. The number of halogens is 1. The number of benzene rings is 2. The van der Waals surface area contributed by atoms with E-state index >= 15 is 0 Å². The number of hydrogen-bond acceptors (Lipinski definition) is 4. The summed E-state index contributed by atoms with van der Waals surface area (Å²) < 4.78 is 40.3. The zero-order valence-electron chi connectivity index (χ0n) is 17.3. The van der Waals surface area contributed by atoms with Gasteiger partial charge in [-0.3, -0.25) is 9.59 Å². The second-order valence-electron chi connectivity index (χ2n) is 7.58. The molecule has 0 aliphatic carbocycles. The molecular formula is C22H26FN3O4S.